The van der Waals surface area contributed by atoms with Crippen LogP contribution >= 0.6 is 0 Å². The van der Waals surface area contributed by atoms with E-state index in [1.165, 1.54) is 12.3 Å². The summed E-state index contributed by atoms with van der Waals surface area (Å²) in [5.41, 5.74) is 1.31. The monoisotopic (exact) mass is 378 g/mol. The van der Waals surface area contributed by atoms with Crippen molar-refractivity contribution in [2.45, 2.75) is 18.8 Å². The average Bonchev–Trinajstić information content (AvgIpc) is 2.76. The van der Waals surface area contributed by atoms with Crippen LogP contribution in [0.3, 0.4) is 0 Å². The summed E-state index contributed by atoms with van der Waals surface area (Å²) in [7, 11) is 0. The largest absolute Gasteiger partial charge is 0.434 e. The van der Waals surface area contributed by atoms with Gasteiger partial charge in [-0.05, 0) is 37.1 Å². The van der Waals surface area contributed by atoms with Crippen molar-refractivity contribution in [1.29, 1.82) is 0 Å². The minimum Gasteiger partial charge on any atom is -0.434 e. The van der Waals surface area contributed by atoms with Crippen LogP contribution in [-0.4, -0.2) is 38.8 Å². The average molecular weight is 378 g/mol. The predicted octanol–water partition coefficient (Wildman–Crippen LogP) is 3.82. The molecule has 3 heterocycles. The molecule has 0 bridgehead atoms. The first-order chi connectivity index (χ1) is 13.7. The maximum Gasteiger partial charge on any atom is 0.255 e. The van der Waals surface area contributed by atoms with Crippen LogP contribution < -0.4 is 4.74 Å². The van der Waals surface area contributed by atoms with Crippen molar-refractivity contribution in [3.05, 3.63) is 78.3 Å². The maximum atomic E-state index is 13.8. The van der Waals surface area contributed by atoms with Gasteiger partial charge in [0.05, 0.1) is 17.5 Å². The fourth-order valence-corrected chi connectivity index (χ4v) is 3.32. The normalized spacial score (nSPS) is 16.6. The first-order valence-corrected chi connectivity index (χ1v) is 9.14. The lowest BCUT2D eigenvalue weighted by molar-refractivity contribution is 0.0705. The fraction of sp³-hybridized carbons (Fsp3) is 0.238. The van der Waals surface area contributed by atoms with Crippen molar-refractivity contribution in [3.63, 3.8) is 0 Å². The van der Waals surface area contributed by atoms with Crippen molar-refractivity contribution in [1.82, 2.24) is 19.9 Å². The van der Waals surface area contributed by atoms with Crippen LogP contribution in [0, 0.1) is 5.82 Å². The van der Waals surface area contributed by atoms with Crippen LogP contribution in [0.4, 0.5) is 4.39 Å². The number of pyridine rings is 1. The molecule has 1 amide bonds. The molecular formula is C21H19FN4O2. The number of carbonyl (C=O) groups excluding carboxylic acids is 1. The molecule has 1 aliphatic heterocycles. The summed E-state index contributed by atoms with van der Waals surface area (Å²) in [5, 5.41) is 0. The third-order valence-electron chi connectivity index (χ3n) is 4.72. The third-order valence-corrected chi connectivity index (χ3v) is 4.72. The molecule has 3 aromatic rings. The lowest BCUT2D eigenvalue weighted by atomic mass is 9.94. The molecule has 0 saturated carbocycles. The van der Waals surface area contributed by atoms with E-state index in [9.17, 15) is 9.18 Å². The van der Waals surface area contributed by atoms with Gasteiger partial charge in [0.2, 0.25) is 5.88 Å². The van der Waals surface area contributed by atoms with E-state index in [4.69, 9.17) is 4.74 Å². The van der Waals surface area contributed by atoms with E-state index in [0.29, 0.717) is 18.7 Å². The molecule has 1 fully saturated rings. The minimum absolute atomic E-state index is 0.0375. The summed E-state index contributed by atoms with van der Waals surface area (Å²) < 4.78 is 19.4. The summed E-state index contributed by atoms with van der Waals surface area (Å²) in [5.74, 6) is -0.111. The second kappa shape index (κ2) is 8.12. The Bertz CT molecular complexity index is 967. The Hall–Kier alpha value is -3.35. The Kier molecular flexibility index (Phi) is 5.23. The van der Waals surface area contributed by atoms with Gasteiger partial charge in [-0.1, -0.05) is 12.1 Å². The molecule has 142 valence electrons. The Morgan fingerprint density at radius 1 is 1.11 bits per heavy atom. The van der Waals surface area contributed by atoms with Gasteiger partial charge < -0.3 is 9.64 Å². The molecule has 2 aromatic heterocycles. The highest BCUT2D eigenvalue weighted by Gasteiger charge is 2.27. The molecule has 1 aromatic carbocycles. The van der Waals surface area contributed by atoms with Crippen molar-refractivity contribution < 1.29 is 13.9 Å². The van der Waals surface area contributed by atoms with Crippen LogP contribution in [0.15, 0.2) is 61.2 Å². The van der Waals surface area contributed by atoms with Crippen molar-refractivity contribution >= 4 is 5.91 Å². The van der Waals surface area contributed by atoms with Gasteiger partial charge in [-0.3, -0.25) is 14.8 Å². The molecule has 0 aliphatic carbocycles. The number of amides is 1. The Morgan fingerprint density at radius 2 is 2.00 bits per heavy atom. The van der Waals surface area contributed by atoms with Crippen LogP contribution in [0.2, 0.25) is 0 Å². The Labute approximate surface area is 162 Å². The van der Waals surface area contributed by atoms with E-state index in [-0.39, 0.29) is 23.5 Å². The standard InChI is InChI=1S/C21H19FN4O2/c22-17-7-1-2-8-19(17)28-20-13-24-12-18(25-20)16-6-4-10-26(14-16)21(27)15-5-3-9-23-11-15/h1-3,5,7-9,11-13,16H,4,6,10,14H2/t16-/m0/s1. The zero-order valence-corrected chi connectivity index (χ0v) is 15.2. The molecule has 4 rings (SSSR count). The Balaban J connectivity index is 1.49. The van der Waals surface area contributed by atoms with Gasteiger partial charge >= 0.3 is 0 Å². The quantitative estimate of drug-likeness (QED) is 0.690. The SMILES string of the molecule is O=C(c1cccnc1)N1CCC[C@H](c2cncc(Oc3ccccc3F)n2)C1. The zero-order chi connectivity index (χ0) is 19.3. The minimum atomic E-state index is -0.458. The Morgan fingerprint density at radius 3 is 2.82 bits per heavy atom. The lowest BCUT2D eigenvalue weighted by Gasteiger charge is -2.32. The van der Waals surface area contributed by atoms with E-state index < -0.39 is 5.82 Å². The van der Waals surface area contributed by atoms with Crippen LogP contribution in [0.1, 0.15) is 34.8 Å². The van der Waals surface area contributed by atoms with Crippen LogP contribution in [0.5, 0.6) is 11.6 Å². The first-order valence-electron chi connectivity index (χ1n) is 9.14. The third kappa shape index (κ3) is 3.98. The highest BCUT2D eigenvalue weighted by molar-refractivity contribution is 5.94. The second-order valence-electron chi connectivity index (χ2n) is 6.65. The molecule has 1 aliphatic rings. The second-order valence-corrected chi connectivity index (χ2v) is 6.65. The number of ether oxygens (including phenoxy) is 1. The van der Waals surface area contributed by atoms with E-state index in [1.54, 1.807) is 48.9 Å². The zero-order valence-electron chi connectivity index (χ0n) is 15.2. The first kappa shape index (κ1) is 18.0. The molecule has 28 heavy (non-hydrogen) atoms. The number of hydrogen-bond acceptors (Lipinski definition) is 5. The summed E-state index contributed by atoms with van der Waals surface area (Å²) in [6.45, 7) is 1.24. The maximum absolute atomic E-state index is 13.8. The number of hydrogen-bond donors (Lipinski definition) is 0. The number of benzene rings is 1. The van der Waals surface area contributed by atoms with Crippen molar-refractivity contribution in [2.75, 3.05) is 13.1 Å². The van der Waals surface area contributed by atoms with E-state index in [0.717, 1.165) is 18.5 Å². The van der Waals surface area contributed by atoms with Gasteiger partial charge in [-0.2, -0.15) is 0 Å². The van der Waals surface area contributed by atoms with Crippen LogP contribution in [0.25, 0.3) is 0 Å². The fourth-order valence-electron chi connectivity index (χ4n) is 3.32. The molecule has 7 heteroatoms. The molecule has 0 unspecified atom stereocenters. The number of para-hydroxylation sites is 1. The summed E-state index contributed by atoms with van der Waals surface area (Å²) in [4.78, 5) is 27.2. The summed E-state index contributed by atoms with van der Waals surface area (Å²) >= 11 is 0. The van der Waals surface area contributed by atoms with Crippen LogP contribution in [-0.2, 0) is 0 Å². The highest BCUT2D eigenvalue weighted by atomic mass is 19.1. The lowest BCUT2D eigenvalue weighted by Crippen LogP contribution is -2.39. The van der Waals surface area contributed by atoms with Gasteiger partial charge in [0.1, 0.15) is 0 Å². The van der Waals surface area contributed by atoms with E-state index in [1.807, 2.05) is 4.90 Å². The van der Waals surface area contributed by atoms with Gasteiger partial charge in [-0.25, -0.2) is 9.37 Å². The molecule has 6 nitrogen and oxygen atoms in total. The van der Waals surface area contributed by atoms with Gasteiger partial charge in [0.15, 0.2) is 11.6 Å². The number of aromatic nitrogens is 3. The molecule has 0 radical (unpaired) electrons. The molecular weight excluding hydrogens is 359 g/mol. The summed E-state index contributed by atoms with van der Waals surface area (Å²) in [6, 6.07) is 9.68. The number of halogens is 1. The van der Waals surface area contributed by atoms with Gasteiger partial charge in [0.25, 0.3) is 5.91 Å². The van der Waals surface area contributed by atoms with Gasteiger partial charge in [0, 0.05) is 37.6 Å². The number of piperidine rings is 1. The number of carbonyl (C=O) groups is 1. The highest BCUT2D eigenvalue weighted by Crippen LogP contribution is 2.28. The number of rotatable bonds is 4. The number of likely N-dealkylation sites (tertiary alicyclic amines) is 1. The molecule has 1 atom stereocenters. The number of nitrogens with zero attached hydrogens (tertiary/aromatic N) is 4. The van der Waals surface area contributed by atoms with E-state index in [2.05, 4.69) is 15.0 Å². The molecule has 0 spiro atoms. The molecule has 1 saturated heterocycles. The molecule has 0 N–H and O–H groups in total. The van der Waals surface area contributed by atoms with Gasteiger partial charge in [-0.15, -0.1) is 0 Å². The topological polar surface area (TPSA) is 68.2 Å². The van der Waals surface area contributed by atoms with Crippen molar-refractivity contribution in [3.8, 4) is 11.6 Å². The predicted molar refractivity (Wildman–Crippen MR) is 101 cm³/mol. The smallest absolute Gasteiger partial charge is 0.255 e. The van der Waals surface area contributed by atoms with Crippen molar-refractivity contribution in [2.24, 2.45) is 0 Å². The van der Waals surface area contributed by atoms with E-state index >= 15 is 0 Å². The summed E-state index contributed by atoms with van der Waals surface area (Å²) in [6.07, 6.45) is 8.13.